The van der Waals surface area contributed by atoms with Crippen molar-refractivity contribution in [1.82, 2.24) is 4.98 Å². The summed E-state index contributed by atoms with van der Waals surface area (Å²) in [6.07, 6.45) is 0.670. The Hall–Kier alpha value is -3.56. The van der Waals surface area contributed by atoms with E-state index in [2.05, 4.69) is 29.7 Å². The van der Waals surface area contributed by atoms with Crippen LogP contribution in [-0.2, 0) is 4.79 Å². The first kappa shape index (κ1) is 27.5. The van der Waals surface area contributed by atoms with E-state index in [0.717, 1.165) is 31.4 Å². The van der Waals surface area contributed by atoms with Crippen molar-refractivity contribution in [1.29, 1.82) is 0 Å². The van der Waals surface area contributed by atoms with E-state index in [1.807, 2.05) is 39.0 Å². The van der Waals surface area contributed by atoms with Crippen LogP contribution in [0.15, 0.2) is 52.9 Å². The molecule has 0 saturated carbocycles. The van der Waals surface area contributed by atoms with E-state index in [1.165, 1.54) is 35.8 Å². The van der Waals surface area contributed by atoms with Crippen LogP contribution in [0.4, 0.5) is 11.4 Å². The standard InChI is InChI=1S/C29H31N3O4S2/c1-7-24(28(34)32-26-17(3)12-16(2)13-18(26)4)37-29-31-21-10-9-20(15-25(21)38-29)30-27(33)19-8-11-22(35-5)23(14-19)36-6/h8-15,24H,7H2,1-6H3,(H,30,33)(H,32,34). The number of nitrogens with zero attached hydrogens (tertiary/aromatic N) is 1. The van der Waals surface area contributed by atoms with E-state index in [0.29, 0.717) is 29.2 Å². The zero-order valence-corrected chi connectivity index (χ0v) is 23.9. The molecule has 0 bridgehead atoms. The van der Waals surface area contributed by atoms with E-state index in [4.69, 9.17) is 14.5 Å². The molecule has 1 atom stereocenters. The Morgan fingerprint density at radius 1 is 0.947 bits per heavy atom. The molecule has 0 aliphatic rings. The van der Waals surface area contributed by atoms with Gasteiger partial charge >= 0.3 is 0 Å². The number of carbonyl (C=O) groups is 2. The normalized spacial score (nSPS) is 11.7. The number of carbonyl (C=O) groups excluding carboxylic acids is 2. The molecule has 4 rings (SSSR count). The van der Waals surface area contributed by atoms with Crippen LogP contribution in [0.3, 0.4) is 0 Å². The minimum atomic E-state index is -0.278. The first-order chi connectivity index (χ1) is 18.2. The number of hydrogen-bond acceptors (Lipinski definition) is 7. The Labute approximate surface area is 231 Å². The third-order valence-electron chi connectivity index (χ3n) is 6.10. The van der Waals surface area contributed by atoms with Gasteiger partial charge in [-0.15, -0.1) is 11.3 Å². The molecule has 38 heavy (non-hydrogen) atoms. The van der Waals surface area contributed by atoms with E-state index < -0.39 is 0 Å². The zero-order chi connectivity index (χ0) is 27.4. The van der Waals surface area contributed by atoms with E-state index in [-0.39, 0.29) is 17.1 Å². The number of anilines is 2. The molecule has 9 heteroatoms. The van der Waals surface area contributed by atoms with Crippen molar-refractivity contribution in [2.75, 3.05) is 24.9 Å². The number of thioether (sulfide) groups is 1. The summed E-state index contributed by atoms with van der Waals surface area (Å²) in [5.74, 6) is 0.758. The lowest BCUT2D eigenvalue weighted by atomic mass is 10.0. The van der Waals surface area contributed by atoms with Gasteiger partial charge in [0.2, 0.25) is 5.91 Å². The van der Waals surface area contributed by atoms with Crippen LogP contribution in [0.5, 0.6) is 11.5 Å². The Balaban J connectivity index is 1.47. The fourth-order valence-corrected chi connectivity index (χ4v) is 6.51. The highest BCUT2D eigenvalue weighted by Crippen LogP contribution is 2.35. The number of aromatic nitrogens is 1. The van der Waals surface area contributed by atoms with Gasteiger partial charge in [-0.3, -0.25) is 9.59 Å². The molecule has 1 heterocycles. The molecule has 2 N–H and O–H groups in total. The number of methoxy groups -OCH3 is 2. The number of thiazole rings is 1. The third kappa shape index (κ3) is 6.11. The molecule has 0 saturated heterocycles. The molecular formula is C29H31N3O4S2. The van der Waals surface area contributed by atoms with Gasteiger partial charge in [0.15, 0.2) is 15.8 Å². The molecule has 2 amide bonds. The molecule has 1 aromatic heterocycles. The maximum Gasteiger partial charge on any atom is 0.255 e. The number of fused-ring (bicyclic) bond motifs is 1. The van der Waals surface area contributed by atoms with Crippen LogP contribution >= 0.6 is 23.1 Å². The molecule has 0 fully saturated rings. The lowest BCUT2D eigenvalue weighted by Crippen LogP contribution is -2.25. The number of hydrogen-bond donors (Lipinski definition) is 2. The number of rotatable bonds is 9. The van der Waals surface area contributed by atoms with Crippen molar-refractivity contribution in [2.45, 2.75) is 43.7 Å². The third-order valence-corrected chi connectivity index (χ3v) is 8.58. The average molecular weight is 550 g/mol. The van der Waals surface area contributed by atoms with Crippen molar-refractivity contribution in [2.24, 2.45) is 0 Å². The molecule has 0 aliphatic heterocycles. The van der Waals surface area contributed by atoms with Crippen molar-refractivity contribution in [3.63, 3.8) is 0 Å². The van der Waals surface area contributed by atoms with Crippen molar-refractivity contribution >= 4 is 56.5 Å². The highest BCUT2D eigenvalue weighted by molar-refractivity contribution is 8.02. The van der Waals surface area contributed by atoms with Gasteiger partial charge in [0, 0.05) is 16.9 Å². The van der Waals surface area contributed by atoms with E-state index in [9.17, 15) is 9.59 Å². The summed E-state index contributed by atoms with van der Waals surface area (Å²) < 4.78 is 12.3. The second kappa shape index (κ2) is 11.9. The Morgan fingerprint density at radius 3 is 2.32 bits per heavy atom. The topological polar surface area (TPSA) is 89.6 Å². The van der Waals surface area contributed by atoms with Gasteiger partial charge in [-0.1, -0.05) is 36.4 Å². The van der Waals surface area contributed by atoms with Crippen LogP contribution < -0.4 is 20.1 Å². The minimum Gasteiger partial charge on any atom is -0.493 e. The molecule has 1 unspecified atom stereocenters. The lowest BCUT2D eigenvalue weighted by molar-refractivity contribution is -0.115. The van der Waals surface area contributed by atoms with E-state index in [1.54, 1.807) is 25.3 Å². The van der Waals surface area contributed by atoms with Crippen molar-refractivity contribution in [3.8, 4) is 11.5 Å². The summed E-state index contributed by atoms with van der Waals surface area (Å²) in [6, 6.07) is 14.8. The molecular weight excluding hydrogens is 518 g/mol. The van der Waals surface area contributed by atoms with Crippen molar-refractivity contribution < 1.29 is 19.1 Å². The minimum absolute atomic E-state index is 0.0327. The molecule has 198 valence electrons. The maximum atomic E-state index is 13.1. The molecule has 0 spiro atoms. The van der Waals surface area contributed by atoms with Gasteiger partial charge in [0.05, 0.1) is 29.7 Å². The van der Waals surface area contributed by atoms with Gasteiger partial charge in [-0.25, -0.2) is 4.98 Å². The Kier molecular flexibility index (Phi) is 8.58. The summed E-state index contributed by atoms with van der Waals surface area (Å²) in [6.45, 7) is 8.08. The molecule has 7 nitrogen and oxygen atoms in total. The van der Waals surface area contributed by atoms with Crippen LogP contribution in [0.25, 0.3) is 10.2 Å². The molecule has 3 aromatic carbocycles. The lowest BCUT2D eigenvalue weighted by Gasteiger charge is -2.17. The second-order valence-electron chi connectivity index (χ2n) is 8.96. The predicted octanol–water partition coefficient (Wildman–Crippen LogP) is 7.00. The maximum absolute atomic E-state index is 13.1. The predicted molar refractivity (Wildman–Crippen MR) is 156 cm³/mol. The van der Waals surface area contributed by atoms with Gasteiger partial charge in [0.25, 0.3) is 5.91 Å². The number of ether oxygens (including phenoxy) is 2. The SMILES string of the molecule is CCC(Sc1nc2ccc(NC(=O)c3ccc(OC)c(OC)c3)cc2s1)C(=O)Nc1c(C)cc(C)cc1C. The van der Waals surface area contributed by atoms with Gasteiger partial charge in [-0.2, -0.15) is 0 Å². The zero-order valence-electron chi connectivity index (χ0n) is 22.3. The summed E-state index contributed by atoms with van der Waals surface area (Å²) >= 11 is 2.97. The van der Waals surface area contributed by atoms with E-state index >= 15 is 0 Å². The monoisotopic (exact) mass is 549 g/mol. The molecule has 4 aromatic rings. The van der Waals surface area contributed by atoms with Crippen LogP contribution in [0.1, 0.15) is 40.4 Å². The fourth-order valence-electron chi connectivity index (χ4n) is 4.24. The summed E-state index contributed by atoms with van der Waals surface area (Å²) in [5.41, 5.74) is 6.09. The van der Waals surface area contributed by atoms with Crippen molar-refractivity contribution in [3.05, 3.63) is 70.8 Å². The smallest absolute Gasteiger partial charge is 0.255 e. The Bertz CT molecular complexity index is 1480. The largest absolute Gasteiger partial charge is 0.493 e. The quantitative estimate of drug-likeness (QED) is 0.219. The van der Waals surface area contributed by atoms with Crippen LogP contribution in [-0.4, -0.2) is 36.3 Å². The fraction of sp³-hybridized carbons (Fsp3) is 0.276. The Morgan fingerprint density at radius 2 is 1.66 bits per heavy atom. The molecule has 0 radical (unpaired) electrons. The number of nitrogens with one attached hydrogen (secondary N) is 2. The van der Waals surface area contributed by atoms with Crippen LogP contribution in [0.2, 0.25) is 0 Å². The summed E-state index contributed by atoms with van der Waals surface area (Å²) in [5, 5.41) is 5.78. The van der Waals surface area contributed by atoms with Crippen LogP contribution in [0, 0.1) is 20.8 Å². The highest BCUT2D eigenvalue weighted by Gasteiger charge is 2.22. The summed E-state index contributed by atoms with van der Waals surface area (Å²) in [4.78, 5) is 30.7. The van der Waals surface area contributed by atoms with Gasteiger partial charge in [-0.05, 0) is 74.7 Å². The first-order valence-electron chi connectivity index (χ1n) is 12.2. The average Bonchev–Trinajstić information content (AvgIpc) is 3.30. The number of benzene rings is 3. The van der Waals surface area contributed by atoms with Gasteiger partial charge < -0.3 is 20.1 Å². The molecule has 0 aliphatic carbocycles. The number of amides is 2. The highest BCUT2D eigenvalue weighted by atomic mass is 32.2. The summed E-state index contributed by atoms with van der Waals surface area (Å²) in [7, 11) is 3.08. The second-order valence-corrected chi connectivity index (χ2v) is 11.4. The van der Waals surface area contributed by atoms with Gasteiger partial charge in [0.1, 0.15) is 0 Å². The number of aryl methyl sites for hydroxylation is 3. The first-order valence-corrected chi connectivity index (χ1v) is 13.9.